The Kier molecular flexibility index (Phi) is 3.98. The third-order valence-electron chi connectivity index (χ3n) is 4.09. The summed E-state index contributed by atoms with van der Waals surface area (Å²) in [6.07, 6.45) is 2.13. The van der Waals surface area contributed by atoms with Gasteiger partial charge in [-0.05, 0) is 29.5 Å². The molecule has 2 aromatic carbocycles. The van der Waals surface area contributed by atoms with Crippen LogP contribution in [0.3, 0.4) is 0 Å². The van der Waals surface area contributed by atoms with E-state index in [-0.39, 0.29) is 5.75 Å². The molecule has 1 unspecified atom stereocenters. The van der Waals surface area contributed by atoms with Gasteiger partial charge in [-0.25, -0.2) is 0 Å². The number of carboxylic acid groups (broad SMARTS) is 1. The van der Waals surface area contributed by atoms with Crippen molar-refractivity contribution >= 4 is 16.7 Å². The minimum absolute atomic E-state index is 0.237. The molecule has 0 fully saturated rings. The van der Waals surface area contributed by atoms with Gasteiger partial charge < -0.3 is 10.2 Å². The molecule has 0 aliphatic heterocycles. The largest absolute Gasteiger partial charge is 0.508 e. The fourth-order valence-corrected chi connectivity index (χ4v) is 2.73. The molecule has 23 heavy (non-hydrogen) atoms. The van der Waals surface area contributed by atoms with Crippen molar-refractivity contribution in [1.82, 2.24) is 4.98 Å². The maximum absolute atomic E-state index is 11.3. The van der Waals surface area contributed by atoms with Crippen LogP contribution >= 0.6 is 0 Å². The molecule has 1 atom stereocenters. The molecule has 0 spiro atoms. The molecule has 0 radical (unpaired) electrons. The Morgan fingerprint density at radius 1 is 1.09 bits per heavy atom. The molecule has 0 aliphatic rings. The number of nitrogens with zero attached hydrogens (tertiary/aromatic N) is 1. The standard InChI is InChI=1S/C19H17NO3/c1-12(19(22)23)16-11-20-17(15-8-4-3-7-14(15)16)10-13-6-2-5-9-18(13)21/h2-9,11-12,21H,10H2,1H3,(H,22,23). The highest BCUT2D eigenvalue weighted by Crippen LogP contribution is 2.29. The number of carboxylic acids is 1. The molecule has 2 N–H and O–H groups in total. The zero-order valence-electron chi connectivity index (χ0n) is 12.7. The lowest BCUT2D eigenvalue weighted by atomic mass is 9.94. The first kappa shape index (κ1) is 15.0. The van der Waals surface area contributed by atoms with Gasteiger partial charge in [0.25, 0.3) is 0 Å². The minimum Gasteiger partial charge on any atom is -0.508 e. The highest BCUT2D eigenvalue weighted by atomic mass is 16.4. The van der Waals surface area contributed by atoms with Gasteiger partial charge in [0.2, 0.25) is 0 Å². The first-order chi connectivity index (χ1) is 11.1. The molecule has 1 heterocycles. The van der Waals surface area contributed by atoms with Gasteiger partial charge in [-0.3, -0.25) is 9.78 Å². The summed E-state index contributed by atoms with van der Waals surface area (Å²) in [4.78, 5) is 15.8. The van der Waals surface area contributed by atoms with E-state index in [0.717, 1.165) is 22.0 Å². The number of phenolic OH excluding ortho intramolecular Hbond substituents is 1. The van der Waals surface area contributed by atoms with Crippen LogP contribution in [0.2, 0.25) is 0 Å². The van der Waals surface area contributed by atoms with Crippen molar-refractivity contribution < 1.29 is 15.0 Å². The van der Waals surface area contributed by atoms with Crippen molar-refractivity contribution in [2.45, 2.75) is 19.3 Å². The Bertz CT molecular complexity index is 873. The Hall–Kier alpha value is -2.88. The average Bonchev–Trinajstić information content (AvgIpc) is 2.56. The zero-order valence-corrected chi connectivity index (χ0v) is 12.7. The molecule has 4 nitrogen and oxygen atoms in total. The first-order valence-corrected chi connectivity index (χ1v) is 7.44. The summed E-state index contributed by atoms with van der Waals surface area (Å²) < 4.78 is 0. The van der Waals surface area contributed by atoms with Crippen LogP contribution in [-0.4, -0.2) is 21.2 Å². The molecule has 0 saturated carbocycles. The second-order valence-electron chi connectivity index (χ2n) is 5.57. The van der Waals surface area contributed by atoms with Crippen LogP contribution < -0.4 is 0 Å². The molecule has 4 heteroatoms. The predicted octanol–water partition coefficient (Wildman–Crippen LogP) is 3.72. The summed E-state index contributed by atoms with van der Waals surface area (Å²) in [6, 6.07) is 14.8. The second-order valence-corrected chi connectivity index (χ2v) is 5.57. The smallest absolute Gasteiger partial charge is 0.310 e. The highest BCUT2D eigenvalue weighted by Gasteiger charge is 2.18. The van der Waals surface area contributed by atoms with Crippen LogP contribution in [0.15, 0.2) is 54.7 Å². The summed E-state index contributed by atoms with van der Waals surface area (Å²) in [7, 11) is 0. The number of carbonyl (C=O) groups is 1. The highest BCUT2D eigenvalue weighted by molar-refractivity contribution is 5.91. The molecular weight excluding hydrogens is 290 g/mol. The van der Waals surface area contributed by atoms with Gasteiger partial charge in [-0.2, -0.15) is 0 Å². The van der Waals surface area contributed by atoms with E-state index < -0.39 is 11.9 Å². The van der Waals surface area contributed by atoms with Gasteiger partial charge in [-0.1, -0.05) is 42.5 Å². The van der Waals surface area contributed by atoms with Crippen molar-refractivity contribution in [3.8, 4) is 5.75 Å². The number of benzene rings is 2. The summed E-state index contributed by atoms with van der Waals surface area (Å²) in [6.45, 7) is 1.66. The van der Waals surface area contributed by atoms with Crippen LogP contribution in [-0.2, 0) is 11.2 Å². The normalized spacial score (nSPS) is 12.2. The monoisotopic (exact) mass is 307 g/mol. The van der Waals surface area contributed by atoms with Crippen molar-refractivity contribution in [3.05, 3.63) is 71.5 Å². The summed E-state index contributed by atoms with van der Waals surface area (Å²) in [5.41, 5.74) is 2.32. The van der Waals surface area contributed by atoms with Crippen molar-refractivity contribution in [3.63, 3.8) is 0 Å². The maximum atomic E-state index is 11.3. The predicted molar refractivity (Wildman–Crippen MR) is 88.7 cm³/mol. The molecule has 0 bridgehead atoms. The van der Waals surface area contributed by atoms with Gasteiger partial charge in [0.15, 0.2) is 0 Å². The minimum atomic E-state index is -0.870. The molecule has 1 aromatic heterocycles. The van der Waals surface area contributed by atoms with Crippen LogP contribution in [0.25, 0.3) is 10.8 Å². The molecule has 3 aromatic rings. The van der Waals surface area contributed by atoms with Crippen LogP contribution in [0.1, 0.15) is 29.7 Å². The molecule has 0 saturated heterocycles. The van der Waals surface area contributed by atoms with Crippen LogP contribution in [0, 0.1) is 0 Å². The average molecular weight is 307 g/mol. The molecule has 116 valence electrons. The number of pyridine rings is 1. The van der Waals surface area contributed by atoms with E-state index >= 15 is 0 Å². The van der Waals surface area contributed by atoms with Crippen LogP contribution in [0.4, 0.5) is 0 Å². The quantitative estimate of drug-likeness (QED) is 0.770. The number of fused-ring (bicyclic) bond motifs is 1. The fraction of sp³-hybridized carbons (Fsp3) is 0.158. The maximum Gasteiger partial charge on any atom is 0.310 e. The number of para-hydroxylation sites is 1. The Balaban J connectivity index is 2.12. The van der Waals surface area contributed by atoms with E-state index in [1.165, 1.54) is 0 Å². The molecule has 0 amide bonds. The lowest BCUT2D eigenvalue weighted by Crippen LogP contribution is -2.09. The summed E-state index contributed by atoms with van der Waals surface area (Å²) in [5.74, 6) is -1.25. The van der Waals surface area contributed by atoms with Gasteiger partial charge in [-0.15, -0.1) is 0 Å². The van der Waals surface area contributed by atoms with E-state index in [2.05, 4.69) is 4.98 Å². The Labute approximate surface area is 134 Å². The van der Waals surface area contributed by atoms with E-state index in [9.17, 15) is 15.0 Å². The molecule has 3 rings (SSSR count). The number of aromatic hydroxyl groups is 1. The second kappa shape index (κ2) is 6.08. The Morgan fingerprint density at radius 2 is 1.74 bits per heavy atom. The topological polar surface area (TPSA) is 70.4 Å². The summed E-state index contributed by atoms with van der Waals surface area (Å²) >= 11 is 0. The van der Waals surface area contributed by atoms with E-state index in [1.54, 1.807) is 25.3 Å². The number of rotatable bonds is 4. The van der Waals surface area contributed by atoms with Crippen molar-refractivity contribution in [2.24, 2.45) is 0 Å². The molecule has 0 aliphatic carbocycles. The number of aromatic nitrogens is 1. The number of hydrogen-bond acceptors (Lipinski definition) is 3. The van der Waals surface area contributed by atoms with E-state index in [4.69, 9.17) is 0 Å². The Morgan fingerprint density at radius 3 is 2.43 bits per heavy atom. The van der Waals surface area contributed by atoms with Gasteiger partial charge in [0, 0.05) is 18.0 Å². The third kappa shape index (κ3) is 2.88. The number of aliphatic carboxylic acids is 1. The first-order valence-electron chi connectivity index (χ1n) is 7.44. The fourth-order valence-electron chi connectivity index (χ4n) is 2.73. The lowest BCUT2D eigenvalue weighted by molar-refractivity contribution is -0.138. The lowest BCUT2D eigenvalue weighted by Gasteiger charge is -2.13. The molecular formula is C19H17NO3. The van der Waals surface area contributed by atoms with Gasteiger partial charge in [0.1, 0.15) is 5.75 Å². The summed E-state index contributed by atoms with van der Waals surface area (Å²) in [5, 5.41) is 21.0. The van der Waals surface area contributed by atoms with Crippen LogP contribution in [0.5, 0.6) is 5.75 Å². The third-order valence-corrected chi connectivity index (χ3v) is 4.09. The number of phenols is 1. The zero-order chi connectivity index (χ0) is 16.4. The van der Waals surface area contributed by atoms with Gasteiger partial charge >= 0.3 is 5.97 Å². The van der Waals surface area contributed by atoms with Gasteiger partial charge in [0.05, 0.1) is 11.6 Å². The van der Waals surface area contributed by atoms with E-state index in [0.29, 0.717) is 12.0 Å². The van der Waals surface area contributed by atoms with E-state index in [1.807, 2.05) is 36.4 Å². The number of hydrogen-bond donors (Lipinski definition) is 2. The SMILES string of the molecule is CC(C(=O)O)c1cnc(Cc2ccccc2O)c2ccccc12. The van der Waals surface area contributed by atoms with Crippen molar-refractivity contribution in [1.29, 1.82) is 0 Å². The van der Waals surface area contributed by atoms with Crippen molar-refractivity contribution in [2.75, 3.05) is 0 Å².